The van der Waals surface area contributed by atoms with Crippen molar-refractivity contribution >= 4 is 51.8 Å². The molecule has 3 aliphatic rings. The molecule has 2 saturated carbocycles. The van der Waals surface area contributed by atoms with Gasteiger partial charge in [0.1, 0.15) is 29.6 Å². The summed E-state index contributed by atoms with van der Waals surface area (Å²) in [5.74, 6) is -2.98. The summed E-state index contributed by atoms with van der Waals surface area (Å²) in [5, 5.41) is 16.9. The van der Waals surface area contributed by atoms with Gasteiger partial charge in [0, 0.05) is 47.5 Å². The van der Waals surface area contributed by atoms with Crippen molar-refractivity contribution in [1.29, 1.82) is 0 Å². The number of nitrogens with one attached hydrogen (secondary N) is 5. The van der Waals surface area contributed by atoms with Crippen LogP contribution in [0.3, 0.4) is 0 Å². The number of rotatable bonds is 17. The number of fused-ring (bicyclic) bond motifs is 1. The largest absolute Gasteiger partial charge is 0.496 e. The van der Waals surface area contributed by atoms with Gasteiger partial charge in [0.05, 0.1) is 19.3 Å². The Kier molecular flexibility index (Phi) is 14.4. The smallest absolute Gasteiger partial charge is 0.289 e. The van der Waals surface area contributed by atoms with Crippen molar-refractivity contribution in [3.63, 3.8) is 0 Å². The molecule has 5 N–H and O–H groups in total. The highest BCUT2D eigenvalue weighted by Gasteiger charge is 2.47. The monoisotopic (exact) mass is 824 g/mol. The Labute approximate surface area is 351 Å². The van der Waals surface area contributed by atoms with Crippen molar-refractivity contribution in [2.45, 2.75) is 135 Å². The van der Waals surface area contributed by atoms with Gasteiger partial charge in [0.15, 0.2) is 0 Å². The number of unbranched alkanes of at least 4 members (excludes halogenated alkanes) is 1. The summed E-state index contributed by atoms with van der Waals surface area (Å²) in [5.41, 5.74) is 0.0229. The second-order valence-corrected chi connectivity index (χ2v) is 17.5. The maximum atomic E-state index is 15.1. The van der Waals surface area contributed by atoms with Crippen molar-refractivity contribution in [2.24, 2.45) is 11.3 Å². The molecular weight excluding hydrogens is 765 g/mol. The normalized spacial score (nSPS) is 19.7. The molecule has 3 fully saturated rings. The predicted molar refractivity (Wildman–Crippen MR) is 227 cm³/mol. The summed E-state index contributed by atoms with van der Waals surface area (Å²) < 4.78 is 5.61. The Morgan fingerprint density at radius 3 is 2.27 bits per heavy atom. The van der Waals surface area contributed by atoms with Gasteiger partial charge in [0.2, 0.25) is 23.5 Å². The average molecular weight is 825 g/mol. The lowest BCUT2D eigenvalue weighted by molar-refractivity contribution is -0.145. The lowest BCUT2D eigenvalue weighted by Crippen LogP contribution is -2.62. The zero-order valence-corrected chi connectivity index (χ0v) is 35.4. The second-order valence-electron chi connectivity index (χ2n) is 17.5. The molecule has 0 unspecified atom stereocenters. The summed E-state index contributed by atoms with van der Waals surface area (Å²) >= 11 is 0. The Morgan fingerprint density at radius 2 is 1.62 bits per heavy atom. The highest BCUT2D eigenvalue weighted by atomic mass is 16.5. The zero-order valence-electron chi connectivity index (χ0n) is 35.4. The number of anilines is 1. The van der Waals surface area contributed by atoms with Gasteiger partial charge in [-0.25, -0.2) is 4.98 Å². The summed E-state index contributed by atoms with van der Waals surface area (Å²) in [6.45, 7) is 7.58. The van der Waals surface area contributed by atoms with E-state index in [0.29, 0.717) is 12.2 Å². The highest BCUT2D eigenvalue weighted by Crippen LogP contribution is 2.34. The number of methoxy groups -OCH3 is 1. The molecule has 1 saturated heterocycles. The van der Waals surface area contributed by atoms with E-state index in [1.807, 2.05) is 64.1 Å². The number of ketones is 1. The van der Waals surface area contributed by atoms with Crippen molar-refractivity contribution in [2.75, 3.05) is 19.0 Å². The Hall–Kier alpha value is -5.60. The number of carbonyl (C=O) groups is 6. The van der Waals surface area contributed by atoms with Gasteiger partial charge in [-0.3, -0.25) is 33.8 Å². The van der Waals surface area contributed by atoms with Crippen LogP contribution in [0.1, 0.15) is 109 Å². The number of hydrogen-bond acceptors (Lipinski definition) is 10. The van der Waals surface area contributed by atoms with Crippen molar-refractivity contribution < 1.29 is 33.5 Å². The fourth-order valence-electron chi connectivity index (χ4n) is 8.36. The molecule has 322 valence electrons. The van der Waals surface area contributed by atoms with Gasteiger partial charge in [-0.05, 0) is 62.0 Å². The Morgan fingerprint density at radius 1 is 0.883 bits per heavy atom. The van der Waals surface area contributed by atoms with Crippen LogP contribution < -0.4 is 31.3 Å². The third-order valence-corrected chi connectivity index (χ3v) is 11.9. The molecule has 2 aliphatic carbocycles. The first-order valence-electron chi connectivity index (χ1n) is 21.4. The van der Waals surface area contributed by atoms with E-state index in [-0.39, 0.29) is 37.0 Å². The molecule has 0 radical (unpaired) electrons. The average Bonchev–Trinajstić information content (AvgIpc) is 3.97. The van der Waals surface area contributed by atoms with Gasteiger partial charge in [-0.1, -0.05) is 84.1 Å². The topological polar surface area (TPSA) is 201 Å². The van der Waals surface area contributed by atoms with E-state index >= 15 is 4.79 Å². The molecule has 5 amide bonds. The van der Waals surface area contributed by atoms with Crippen LogP contribution in [-0.4, -0.2) is 100 Å². The lowest BCUT2D eigenvalue weighted by atomic mass is 9.82. The number of amides is 5. The first kappa shape index (κ1) is 44.0. The predicted octanol–water partition coefficient (Wildman–Crippen LogP) is 4.45. The molecular formula is C45H60N8O7. The first-order chi connectivity index (χ1) is 28.8. The standard InChI is InChI=1S/C45H60N8O7/c1-6-7-17-33(38(54)43(58)49-28-18-19-28)50-41(56)35-24-29(48-32-20-21-36(60-5)31-16-12-11-15-30(31)32)26-53(35)44(59)39(45(2,3)4)52-42(57)37(27-13-9-8-10-14-27)51-40(55)34-25-46-22-23-47-34/h11-12,15-16,20-23,25,27-29,33,35,37,39,48H,6-10,13-14,17-19,24,26H2,1-5H3,(H,49,58)(H,50,56)(H,51,55)(H,52,57)/t29-,33+,35+,37+,39-/m1/s1. The highest BCUT2D eigenvalue weighted by molar-refractivity contribution is 6.38. The number of carbonyl (C=O) groups excluding carboxylic acids is 6. The van der Waals surface area contributed by atoms with Gasteiger partial charge in [-0.2, -0.15) is 0 Å². The Bertz CT molecular complexity index is 2030. The van der Waals surface area contributed by atoms with E-state index in [0.717, 1.165) is 67.8 Å². The number of ether oxygens (including phenoxy) is 1. The van der Waals surface area contributed by atoms with Gasteiger partial charge in [-0.15, -0.1) is 0 Å². The van der Waals surface area contributed by atoms with E-state index in [1.165, 1.54) is 23.5 Å². The van der Waals surface area contributed by atoms with Crippen LogP contribution in [-0.2, 0) is 24.0 Å². The van der Waals surface area contributed by atoms with Crippen LogP contribution >= 0.6 is 0 Å². The summed E-state index contributed by atoms with van der Waals surface area (Å²) in [6.07, 6.45) is 11.9. The van der Waals surface area contributed by atoms with Crippen molar-refractivity contribution in [3.05, 3.63) is 60.7 Å². The molecule has 1 aliphatic heterocycles. The van der Waals surface area contributed by atoms with Gasteiger partial charge < -0.3 is 36.2 Å². The number of aromatic nitrogens is 2. The fourth-order valence-corrected chi connectivity index (χ4v) is 8.36. The van der Waals surface area contributed by atoms with E-state index in [2.05, 4.69) is 36.6 Å². The van der Waals surface area contributed by atoms with Crippen LogP contribution in [0.5, 0.6) is 5.75 Å². The van der Waals surface area contributed by atoms with Gasteiger partial charge in [0.25, 0.3) is 11.8 Å². The molecule has 60 heavy (non-hydrogen) atoms. The maximum Gasteiger partial charge on any atom is 0.289 e. The zero-order chi connectivity index (χ0) is 43.0. The number of hydrogen-bond donors (Lipinski definition) is 5. The molecule has 5 atom stereocenters. The third-order valence-electron chi connectivity index (χ3n) is 11.9. The molecule has 2 aromatic carbocycles. The Balaban J connectivity index is 1.29. The number of Topliss-reactive ketones (excluding diaryl/α,β-unsaturated/α-hetero) is 1. The SMILES string of the molecule is CCCC[C@H](NC(=O)[C@@H]1C[C@@H](Nc2ccc(OC)c3ccccc23)CN1C(=O)[C@@H](NC(=O)[C@@H](NC(=O)c1cnccn1)C1CCCCC1)C(C)(C)C)C(=O)C(=O)NC1CC1. The van der Waals surface area contributed by atoms with Crippen LogP contribution in [0.25, 0.3) is 10.8 Å². The van der Waals surface area contributed by atoms with E-state index in [1.54, 1.807) is 7.11 Å². The van der Waals surface area contributed by atoms with Crippen LogP contribution in [0.2, 0.25) is 0 Å². The van der Waals surface area contributed by atoms with Gasteiger partial charge >= 0.3 is 0 Å². The fraction of sp³-hybridized carbons (Fsp3) is 0.556. The van der Waals surface area contributed by atoms with E-state index < -0.39 is 70.9 Å². The molecule has 6 rings (SSSR count). The molecule has 3 aromatic rings. The van der Waals surface area contributed by atoms with Crippen LogP contribution in [0.4, 0.5) is 5.69 Å². The molecule has 15 heteroatoms. The molecule has 15 nitrogen and oxygen atoms in total. The minimum Gasteiger partial charge on any atom is -0.496 e. The quantitative estimate of drug-likeness (QED) is 0.121. The summed E-state index contributed by atoms with van der Waals surface area (Å²) in [6, 6.07) is 6.92. The number of likely N-dealkylation sites (tertiary alicyclic amines) is 1. The minimum absolute atomic E-state index is 0.0321. The molecule has 0 spiro atoms. The first-order valence-corrected chi connectivity index (χ1v) is 21.4. The summed E-state index contributed by atoms with van der Waals surface area (Å²) in [4.78, 5) is 93.3. The van der Waals surface area contributed by atoms with Crippen molar-refractivity contribution in [3.8, 4) is 5.75 Å². The van der Waals surface area contributed by atoms with Crippen LogP contribution in [0.15, 0.2) is 55.0 Å². The third kappa shape index (κ3) is 10.8. The molecule has 2 heterocycles. The van der Waals surface area contributed by atoms with E-state index in [9.17, 15) is 24.0 Å². The minimum atomic E-state index is -1.11. The molecule has 1 aromatic heterocycles. The van der Waals surface area contributed by atoms with Crippen molar-refractivity contribution in [1.82, 2.24) is 36.1 Å². The van der Waals surface area contributed by atoms with E-state index in [4.69, 9.17) is 4.74 Å². The van der Waals surface area contributed by atoms with Crippen LogP contribution in [0, 0.1) is 11.3 Å². The number of benzene rings is 2. The second kappa shape index (κ2) is 19.6. The lowest BCUT2D eigenvalue weighted by Gasteiger charge is -2.37. The number of nitrogens with zero attached hydrogens (tertiary/aromatic N) is 3. The summed E-state index contributed by atoms with van der Waals surface area (Å²) in [7, 11) is 1.61. The molecule has 0 bridgehead atoms. The maximum absolute atomic E-state index is 15.1.